The van der Waals surface area contributed by atoms with Crippen molar-refractivity contribution in [2.75, 3.05) is 18.1 Å². The SMILES string of the molecule is CC(=N)SC[C@H](CCCO)c1ccc(CCSC(=N)N)cc1. The maximum atomic E-state index is 9.05. The van der Waals surface area contributed by atoms with Gasteiger partial charge in [0.1, 0.15) is 0 Å². The van der Waals surface area contributed by atoms with Crippen LogP contribution in [0.4, 0.5) is 0 Å². The molecule has 0 radical (unpaired) electrons. The van der Waals surface area contributed by atoms with Crippen LogP contribution in [0.3, 0.4) is 0 Å². The third-order valence-electron chi connectivity index (χ3n) is 3.31. The Kier molecular flexibility index (Phi) is 9.27. The molecule has 0 fully saturated rings. The Hall–Kier alpha value is -0.980. The normalized spacial score (nSPS) is 12.1. The van der Waals surface area contributed by atoms with E-state index in [1.165, 1.54) is 22.9 Å². The van der Waals surface area contributed by atoms with Crippen LogP contribution in [0.15, 0.2) is 24.3 Å². The van der Waals surface area contributed by atoms with Crippen molar-refractivity contribution in [3.8, 4) is 0 Å². The number of amidine groups is 1. The summed E-state index contributed by atoms with van der Waals surface area (Å²) in [6, 6.07) is 8.55. The molecule has 0 unspecified atom stereocenters. The number of hydrogen-bond acceptors (Lipinski definition) is 5. The first-order chi connectivity index (χ1) is 10.5. The molecular formula is C16H25N3OS2. The lowest BCUT2D eigenvalue weighted by Gasteiger charge is -2.17. The maximum absolute atomic E-state index is 9.05. The standard InChI is InChI=1S/C16H25N3OS2/c1-12(17)22-11-15(3-2-9-20)14-6-4-13(5-7-14)8-10-21-16(18)19/h4-7,15,17,20H,2-3,8-11H2,1H3,(H3,18,19)/t15-/m0/s1. The second kappa shape index (κ2) is 10.7. The van der Waals surface area contributed by atoms with Crippen molar-refractivity contribution in [2.45, 2.75) is 32.1 Å². The summed E-state index contributed by atoms with van der Waals surface area (Å²) >= 11 is 2.93. The number of hydrogen-bond donors (Lipinski definition) is 4. The zero-order valence-corrected chi connectivity index (χ0v) is 14.6. The van der Waals surface area contributed by atoms with Crippen LogP contribution in [-0.4, -0.2) is 33.4 Å². The van der Waals surface area contributed by atoms with Gasteiger partial charge in [-0.3, -0.25) is 10.8 Å². The van der Waals surface area contributed by atoms with E-state index in [0.29, 0.717) is 11.0 Å². The summed E-state index contributed by atoms with van der Waals surface area (Å²) < 4.78 is 0. The predicted octanol–water partition coefficient (Wildman–Crippen LogP) is 3.44. The molecule has 0 saturated carbocycles. The van der Waals surface area contributed by atoms with Gasteiger partial charge < -0.3 is 10.8 Å². The van der Waals surface area contributed by atoms with Gasteiger partial charge >= 0.3 is 0 Å². The average Bonchev–Trinajstić information content (AvgIpc) is 2.48. The number of nitrogens with one attached hydrogen (secondary N) is 2. The van der Waals surface area contributed by atoms with E-state index in [4.69, 9.17) is 21.7 Å². The lowest BCUT2D eigenvalue weighted by Crippen LogP contribution is -2.06. The number of aryl methyl sites for hydroxylation is 1. The average molecular weight is 340 g/mol. The number of aliphatic hydroxyl groups excluding tert-OH is 1. The summed E-state index contributed by atoms with van der Waals surface area (Å²) in [7, 11) is 0. The largest absolute Gasteiger partial charge is 0.396 e. The van der Waals surface area contributed by atoms with Crippen molar-refractivity contribution >= 4 is 33.7 Å². The van der Waals surface area contributed by atoms with Crippen molar-refractivity contribution in [2.24, 2.45) is 5.73 Å². The fourth-order valence-electron chi connectivity index (χ4n) is 2.14. The number of benzene rings is 1. The highest BCUT2D eigenvalue weighted by molar-refractivity contribution is 8.13. The molecule has 5 N–H and O–H groups in total. The van der Waals surface area contributed by atoms with Gasteiger partial charge in [0.05, 0.1) is 5.04 Å². The van der Waals surface area contributed by atoms with Gasteiger partial charge in [0.15, 0.2) is 5.17 Å². The minimum Gasteiger partial charge on any atom is -0.396 e. The smallest absolute Gasteiger partial charge is 0.151 e. The van der Waals surface area contributed by atoms with Crippen LogP contribution in [0, 0.1) is 10.8 Å². The van der Waals surface area contributed by atoms with Crippen LogP contribution in [-0.2, 0) is 6.42 Å². The van der Waals surface area contributed by atoms with Crippen LogP contribution in [0.25, 0.3) is 0 Å². The van der Waals surface area contributed by atoms with Gasteiger partial charge in [-0.15, -0.1) is 11.8 Å². The summed E-state index contributed by atoms with van der Waals surface area (Å²) in [6.07, 6.45) is 2.63. The molecule has 0 heterocycles. The zero-order chi connectivity index (χ0) is 16.4. The molecule has 6 heteroatoms. The lowest BCUT2D eigenvalue weighted by molar-refractivity contribution is 0.281. The molecule has 0 aliphatic carbocycles. The molecule has 1 atom stereocenters. The molecule has 0 aromatic heterocycles. The molecule has 0 amide bonds. The van der Waals surface area contributed by atoms with Crippen LogP contribution >= 0.6 is 23.5 Å². The monoisotopic (exact) mass is 339 g/mol. The van der Waals surface area contributed by atoms with Crippen molar-refractivity contribution < 1.29 is 5.11 Å². The first kappa shape index (κ1) is 19.1. The maximum Gasteiger partial charge on any atom is 0.151 e. The molecule has 0 saturated heterocycles. The summed E-state index contributed by atoms with van der Waals surface area (Å²) in [5.41, 5.74) is 7.84. The third-order valence-corrected chi connectivity index (χ3v) is 5.03. The van der Waals surface area contributed by atoms with Gasteiger partial charge in [-0.05, 0) is 43.2 Å². The molecule has 1 aromatic carbocycles. The quantitative estimate of drug-likeness (QED) is 0.409. The van der Waals surface area contributed by atoms with Gasteiger partial charge in [-0.25, -0.2) is 0 Å². The number of thioether (sulfide) groups is 2. The topological polar surface area (TPSA) is 94.0 Å². The highest BCUT2D eigenvalue weighted by Gasteiger charge is 2.12. The molecule has 0 aliphatic rings. The fraction of sp³-hybridized carbons (Fsp3) is 0.500. The first-order valence-corrected chi connectivity index (χ1v) is 9.34. The lowest BCUT2D eigenvalue weighted by atomic mass is 9.95. The van der Waals surface area contributed by atoms with Crippen molar-refractivity contribution in [3.05, 3.63) is 35.4 Å². The molecule has 0 aliphatic heterocycles. The minimum absolute atomic E-state index is 0.166. The molecule has 0 bridgehead atoms. The van der Waals surface area contributed by atoms with Crippen LogP contribution in [0.1, 0.15) is 36.8 Å². The summed E-state index contributed by atoms with van der Waals surface area (Å²) in [4.78, 5) is 0. The van der Waals surface area contributed by atoms with Gasteiger partial charge in [0.2, 0.25) is 0 Å². The Morgan fingerprint density at radius 1 is 1.23 bits per heavy atom. The molecule has 122 valence electrons. The van der Waals surface area contributed by atoms with Gasteiger partial charge in [-0.2, -0.15) is 0 Å². The third kappa shape index (κ3) is 7.87. The van der Waals surface area contributed by atoms with Crippen molar-refractivity contribution in [3.63, 3.8) is 0 Å². The van der Waals surface area contributed by atoms with Crippen LogP contribution < -0.4 is 5.73 Å². The van der Waals surface area contributed by atoms with Crippen LogP contribution in [0.5, 0.6) is 0 Å². The van der Waals surface area contributed by atoms with Gasteiger partial charge in [-0.1, -0.05) is 36.0 Å². The predicted molar refractivity (Wildman–Crippen MR) is 99.4 cm³/mol. The highest BCUT2D eigenvalue weighted by atomic mass is 32.2. The van der Waals surface area contributed by atoms with Gasteiger partial charge in [0.25, 0.3) is 0 Å². The Morgan fingerprint density at radius 3 is 2.45 bits per heavy atom. The zero-order valence-electron chi connectivity index (χ0n) is 13.0. The molecule has 22 heavy (non-hydrogen) atoms. The van der Waals surface area contributed by atoms with Gasteiger partial charge in [0, 0.05) is 18.1 Å². The van der Waals surface area contributed by atoms with E-state index in [1.54, 1.807) is 11.8 Å². The van der Waals surface area contributed by atoms with Crippen molar-refractivity contribution in [1.29, 1.82) is 10.8 Å². The Morgan fingerprint density at radius 2 is 1.91 bits per heavy atom. The summed E-state index contributed by atoms with van der Waals surface area (Å²) in [6.45, 7) is 2.02. The second-order valence-corrected chi connectivity index (χ2v) is 7.51. The van der Waals surface area contributed by atoms with E-state index in [0.717, 1.165) is 30.8 Å². The summed E-state index contributed by atoms with van der Waals surface area (Å²) in [5.74, 6) is 2.08. The molecule has 4 nitrogen and oxygen atoms in total. The first-order valence-electron chi connectivity index (χ1n) is 7.37. The highest BCUT2D eigenvalue weighted by Crippen LogP contribution is 2.26. The number of aliphatic hydroxyl groups is 1. The van der Waals surface area contributed by atoms with E-state index in [1.807, 2.05) is 6.92 Å². The summed E-state index contributed by atoms with van der Waals surface area (Å²) in [5, 5.41) is 24.6. The van der Waals surface area contributed by atoms with Crippen molar-refractivity contribution in [1.82, 2.24) is 0 Å². The molecule has 0 spiro atoms. The Balaban J connectivity index is 2.61. The number of nitrogens with two attached hydrogens (primary N) is 1. The van der Waals surface area contributed by atoms with E-state index >= 15 is 0 Å². The van der Waals surface area contributed by atoms with E-state index in [9.17, 15) is 0 Å². The minimum atomic E-state index is 0.166. The van der Waals surface area contributed by atoms with E-state index in [2.05, 4.69) is 24.3 Å². The molecule has 1 rings (SSSR count). The Labute approximate surface area is 141 Å². The second-order valence-electron chi connectivity index (χ2n) is 5.13. The van der Waals surface area contributed by atoms with E-state index in [-0.39, 0.29) is 11.8 Å². The van der Waals surface area contributed by atoms with Crippen LogP contribution in [0.2, 0.25) is 0 Å². The number of rotatable bonds is 9. The van der Waals surface area contributed by atoms with E-state index < -0.39 is 0 Å². The molecule has 1 aromatic rings. The Bertz CT molecular complexity index is 477. The molecular weight excluding hydrogens is 314 g/mol. The fourth-order valence-corrected chi connectivity index (χ4v) is 3.51.